The third-order valence-corrected chi connectivity index (χ3v) is 1.95. The van der Waals surface area contributed by atoms with Crippen molar-refractivity contribution in [2.45, 2.75) is 25.5 Å². The van der Waals surface area contributed by atoms with Crippen LogP contribution in [0.15, 0.2) is 0 Å². The highest BCUT2D eigenvalue weighted by molar-refractivity contribution is 6.01. The van der Waals surface area contributed by atoms with Crippen molar-refractivity contribution < 1.29 is 19.8 Å². The minimum absolute atomic E-state index is 0.0363. The van der Waals surface area contributed by atoms with Crippen LogP contribution in [0, 0.1) is 5.92 Å². The van der Waals surface area contributed by atoms with Gasteiger partial charge >= 0.3 is 5.97 Å². The number of carbonyl (C=O) groups is 2. The highest BCUT2D eigenvalue weighted by Crippen LogP contribution is 2.08. The summed E-state index contributed by atoms with van der Waals surface area (Å²) in [6, 6.07) is -1.16. The first-order valence-electron chi connectivity index (χ1n) is 4.32. The third-order valence-electron chi connectivity index (χ3n) is 1.95. The lowest BCUT2D eigenvalue weighted by Crippen LogP contribution is -2.46. The number of hydrogen-bond acceptors (Lipinski definition) is 5. The van der Waals surface area contributed by atoms with E-state index in [0.717, 1.165) is 0 Å². The summed E-state index contributed by atoms with van der Waals surface area (Å²) in [5, 5.41) is 17.7. The minimum atomic E-state index is -1.25. The Labute approximate surface area is 81.9 Å². The molecule has 0 fully saturated rings. The van der Waals surface area contributed by atoms with Crippen LogP contribution in [0.3, 0.4) is 0 Å². The molecule has 0 saturated carbocycles. The van der Waals surface area contributed by atoms with Crippen molar-refractivity contribution in [3.05, 3.63) is 0 Å². The van der Waals surface area contributed by atoms with Gasteiger partial charge in [-0.3, -0.25) is 9.59 Å². The van der Waals surface area contributed by atoms with Crippen LogP contribution in [-0.2, 0) is 9.59 Å². The molecule has 0 radical (unpaired) electrons. The van der Waals surface area contributed by atoms with Crippen LogP contribution in [0.25, 0.3) is 0 Å². The summed E-state index contributed by atoms with van der Waals surface area (Å²) >= 11 is 0. The molecule has 0 aromatic carbocycles. The normalized spacial score (nSPS) is 17.1. The number of aliphatic hydroxyl groups is 1. The van der Waals surface area contributed by atoms with E-state index in [-0.39, 0.29) is 13.0 Å². The lowest BCUT2D eigenvalue weighted by molar-refractivity contribution is -0.147. The molecule has 0 aromatic rings. The monoisotopic (exact) mass is 204 g/mol. The van der Waals surface area contributed by atoms with Gasteiger partial charge in [0.05, 0.1) is 12.1 Å². The Hall–Kier alpha value is -0.980. The molecule has 6 heteroatoms. The molecule has 0 aliphatic heterocycles. The van der Waals surface area contributed by atoms with Crippen LogP contribution >= 0.6 is 0 Å². The van der Waals surface area contributed by atoms with Gasteiger partial charge in [0.1, 0.15) is 5.92 Å². The maximum atomic E-state index is 11.4. The van der Waals surface area contributed by atoms with Crippen LogP contribution in [0.2, 0.25) is 0 Å². The molecule has 6 N–H and O–H groups in total. The number of rotatable bonds is 6. The summed E-state index contributed by atoms with van der Waals surface area (Å²) in [6.45, 7) is 1.43. The Bertz CT molecular complexity index is 217. The Kier molecular flexibility index (Phi) is 5.29. The van der Waals surface area contributed by atoms with Crippen molar-refractivity contribution in [2.24, 2.45) is 17.4 Å². The maximum Gasteiger partial charge on any atom is 0.314 e. The van der Waals surface area contributed by atoms with Crippen LogP contribution in [0.5, 0.6) is 0 Å². The molecule has 3 atom stereocenters. The van der Waals surface area contributed by atoms with E-state index >= 15 is 0 Å². The number of carboxylic acid groups (broad SMARTS) is 1. The SMILES string of the molecule is C[C@@H](O)[C@H](N)C(=O)C(CCN)C(=O)O. The molecule has 0 rings (SSSR count). The molecule has 1 unspecified atom stereocenters. The quantitative estimate of drug-likeness (QED) is 0.382. The topological polar surface area (TPSA) is 127 Å². The highest BCUT2D eigenvalue weighted by atomic mass is 16.4. The predicted molar refractivity (Wildman–Crippen MR) is 49.5 cm³/mol. The van der Waals surface area contributed by atoms with Gasteiger partial charge in [0, 0.05) is 0 Å². The number of ketones is 1. The maximum absolute atomic E-state index is 11.4. The lowest BCUT2D eigenvalue weighted by Gasteiger charge is -2.17. The minimum Gasteiger partial charge on any atom is -0.481 e. The van der Waals surface area contributed by atoms with E-state index in [1.54, 1.807) is 0 Å². The molecular formula is C8H16N2O4. The van der Waals surface area contributed by atoms with Gasteiger partial charge in [-0.15, -0.1) is 0 Å². The van der Waals surface area contributed by atoms with E-state index < -0.39 is 29.8 Å². The Morgan fingerprint density at radius 1 is 1.43 bits per heavy atom. The number of hydrogen-bond donors (Lipinski definition) is 4. The van der Waals surface area contributed by atoms with Crippen molar-refractivity contribution in [1.29, 1.82) is 0 Å². The molecule has 82 valence electrons. The van der Waals surface area contributed by atoms with E-state index in [1.807, 2.05) is 0 Å². The summed E-state index contributed by atoms with van der Waals surface area (Å²) in [6.07, 6.45) is -1.02. The van der Waals surface area contributed by atoms with Gasteiger partial charge in [0.2, 0.25) is 0 Å². The van der Waals surface area contributed by atoms with Crippen molar-refractivity contribution in [2.75, 3.05) is 6.54 Å². The molecule has 0 heterocycles. The molecule has 0 aromatic heterocycles. The number of carbonyl (C=O) groups excluding carboxylic acids is 1. The van der Waals surface area contributed by atoms with Crippen LogP contribution in [0.4, 0.5) is 0 Å². The first-order chi connectivity index (χ1) is 6.41. The predicted octanol–water partition coefficient (Wildman–Crippen LogP) is -1.69. The number of aliphatic carboxylic acids is 1. The summed E-state index contributed by atoms with van der Waals surface area (Å²) in [4.78, 5) is 22.0. The number of nitrogens with two attached hydrogens (primary N) is 2. The van der Waals surface area contributed by atoms with E-state index in [4.69, 9.17) is 21.7 Å². The van der Waals surface area contributed by atoms with Gasteiger partial charge in [-0.2, -0.15) is 0 Å². The molecule has 0 spiro atoms. The second kappa shape index (κ2) is 5.69. The van der Waals surface area contributed by atoms with Gasteiger partial charge in [-0.1, -0.05) is 0 Å². The van der Waals surface area contributed by atoms with E-state index in [1.165, 1.54) is 6.92 Å². The molecular weight excluding hydrogens is 188 g/mol. The Morgan fingerprint density at radius 3 is 2.21 bits per heavy atom. The van der Waals surface area contributed by atoms with Gasteiger partial charge in [0.15, 0.2) is 5.78 Å². The van der Waals surface area contributed by atoms with Crippen molar-refractivity contribution in [3.8, 4) is 0 Å². The molecule has 0 aliphatic carbocycles. The molecule has 0 saturated heterocycles. The largest absolute Gasteiger partial charge is 0.481 e. The van der Waals surface area contributed by atoms with Gasteiger partial charge < -0.3 is 21.7 Å². The smallest absolute Gasteiger partial charge is 0.314 e. The zero-order valence-electron chi connectivity index (χ0n) is 8.01. The number of Topliss-reactive ketones (excluding diaryl/α,β-unsaturated/α-hetero) is 1. The molecule has 0 bridgehead atoms. The molecule has 0 aliphatic rings. The van der Waals surface area contributed by atoms with E-state index in [9.17, 15) is 9.59 Å². The van der Waals surface area contributed by atoms with E-state index in [0.29, 0.717) is 0 Å². The Balaban J connectivity index is 4.51. The standard InChI is InChI=1S/C8H16N2O4/c1-4(11)6(10)7(12)5(2-3-9)8(13)14/h4-6,11H,2-3,9-10H2,1H3,(H,13,14)/t4-,5?,6+/m1/s1. The first-order valence-corrected chi connectivity index (χ1v) is 4.32. The summed E-state index contributed by atoms with van der Waals surface area (Å²) < 4.78 is 0. The number of carboxylic acids is 1. The third kappa shape index (κ3) is 3.41. The average Bonchev–Trinajstić information content (AvgIpc) is 2.11. The fourth-order valence-electron chi connectivity index (χ4n) is 1.02. The first kappa shape index (κ1) is 13.0. The van der Waals surface area contributed by atoms with Gasteiger partial charge in [0.25, 0.3) is 0 Å². The van der Waals surface area contributed by atoms with Crippen molar-refractivity contribution in [1.82, 2.24) is 0 Å². The second-order valence-corrected chi connectivity index (χ2v) is 3.14. The number of aliphatic hydroxyl groups excluding tert-OH is 1. The molecule has 14 heavy (non-hydrogen) atoms. The highest BCUT2D eigenvalue weighted by Gasteiger charge is 2.31. The van der Waals surface area contributed by atoms with Crippen LogP contribution < -0.4 is 11.5 Å². The van der Waals surface area contributed by atoms with Gasteiger partial charge in [-0.05, 0) is 19.9 Å². The van der Waals surface area contributed by atoms with Crippen molar-refractivity contribution in [3.63, 3.8) is 0 Å². The summed E-state index contributed by atoms with van der Waals surface area (Å²) in [5.41, 5.74) is 10.5. The van der Waals surface area contributed by atoms with Gasteiger partial charge in [-0.25, -0.2) is 0 Å². The zero-order valence-corrected chi connectivity index (χ0v) is 8.01. The second-order valence-electron chi connectivity index (χ2n) is 3.14. The fourth-order valence-corrected chi connectivity index (χ4v) is 1.02. The molecule has 6 nitrogen and oxygen atoms in total. The lowest BCUT2D eigenvalue weighted by atomic mass is 9.93. The fraction of sp³-hybridized carbons (Fsp3) is 0.750. The molecule has 0 amide bonds. The zero-order chi connectivity index (χ0) is 11.3. The van der Waals surface area contributed by atoms with Crippen molar-refractivity contribution >= 4 is 11.8 Å². The van der Waals surface area contributed by atoms with E-state index in [2.05, 4.69) is 0 Å². The average molecular weight is 204 g/mol. The Morgan fingerprint density at radius 2 is 1.93 bits per heavy atom. The van der Waals surface area contributed by atoms with Crippen LogP contribution in [0.1, 0.15) is 13.3 Å². The summed E-state index contributed by atoms with van der Waals surface area (Å²) in [5.74, 6) is -3.15. The van der Waals surface area contributed by atoms with Crippen LogP contribution in [-0.4, -0.2) is 40.7 Å². The summed E-state index contributed by atoms with van der Waals surface area (Å²) in [7, 11) is 0.